The Balaban J connectivity index is 1.41. The van der Waals surface area contributed by atoms with Gasteiger partial charge in [-0.3, -0.25) is 19.4 Å². The van der Waals surface area contributed by atoms with E-state index in [0.717, 1.165) is 44.5 Å². The predicted octanol–water partition coefficient (Wildman–Crippen LogP) is 2.18. The van der Waals surface area contributed by atoms with Crippen molar-refractivity contribution in [3.63, 3.8) is 0 Å². The number of aryl methyl sites for hydroxylation is 1. The number of rotatable bonds is 3. The number of likely N-dealkylation sites (tertiary alicyclic amines) is 2. The van der Waals surface area contributed by atoms with E-state index in [9.17, 15) is 9.59 Å². The summed E-state index contributed by atoms with van der Waals surface area (Å²) in [5, 5.41) is 11.3. The van der Waals surface area contributed by atoms with Gasteiger partial charge in [-0.2, -0.15) is 10.2 Å². The molecule has 2 aliphatic heterocycles. The van der Waals surface area contributed by atoms with Gasteiger partial charge >= 0.3 is 0 Å². The first-order valence-corrected chi connectivity index (χ1v) is 10.2. The fraction of sp³-hybridized carbons (Fsp3) is 0.600. The van der Waals surface area contributed by atoms with Gasteiger partial charge in [-0.05, 0) is 31.7 Å². The Morgan fingerprint density at radius 2 is 1.68 bits per heavy atom. The zero-order valence-electron chi connectivity index (χ0n) is 16.4. The molecule has 2 amide bonds. The van der Waals surface area contributed by atoms with Gasteiger partial charge in [-0.25, -0.2) is 0 Å². The zero-order chi connectivity index (χ0) is 19.5. The van der Waals surface area contributed by atoms with Gasteiger partial charge in [0.1, 0.15) is 5.69 Å². The molecular weight excluding hydrogens is 356 g/mol. The molecule has 0 spiro atoms. The van der Waals surface area contributed by atoms with Gasteiger partial charge in [-0.15, -0.1) is 0 Å². The number of piperidine rings is 1. The van der Waals surface area contributed by atoms with Crippen LogP contribution < -0.4 is 0 Å². The molecule has 1 N–H and O–H groups in total. The second-order valence-corrected chi connectivity index (χ2v) is 7.81. The molecule has 2 aromatic rings. The number of H-pyrrole nitrogens is 1. The minimum atomic E-state index is 0.0175. The second-order valence-electron chi connectivity index (χ2n) is 7.81. The quantitative estimate of drug-likeness (QED) is 0.879. The maximum atomic E-state index is 13.0. The lowest BCUT2D eigenvalue weighted by molar-refractivity contribution is 0.0695. The average molecular weight is 384 g/mol. The smallest absolute Gasteiger partial charge is 0.272 e. The molecule has 8 nitrogen and oxygen atoms in total. The fourth-order valence-electron chi connectivity index (χ4n) is 4.34. The summed E-state index contributed by atoms with van der Waals surface area (Å²) in [5.41, 5.74) is 2.25. The summed E-state index contributed by atoms with van der Waals surface area (Å²) < 4.78 is 1.61. The average Bonchev–Trinajstić information content (AvgIpc) is 3.28. The van der Waals surface area contributed by atoms with Crippen molar-refractivity contribution < 1.29 is 9.59 Å². The summed E-state index contributed by atoms with van der Waals surface area (Å²) >= 11 is 0. The molecule has 4 heterocycles. The zero-order valence-corrected chi connectivity index (χ0v) is 16.4. The van der Waals surface area contributed by atoms with E-state index in [4.69, 9.17) is 0 Å². The van der Waals surface area contributed by atoms with Gasteiger partial charge in [-0.1, -0.05) is 12.8 Å². The highest BCUT2D eigenvalue weighted by Crippen LogP contribution is 2.30. The number of nitrogens with zero attached hydrogens (tertiary/aromatic N) is 5. The third-order valence-corrected chi connectivity index (χ3v) is 6.02. The van der Waals surface area contributed by atoms with Gasteiger partial charge in [0.25, 0.3) is 11.8 Å². The molecule has 2 aliphatic rings. The first kappa shape index (κ1) is 18.7. The topological polar surface area (TPSA) is 87.1 Å². The van der Waals surface area contributed by atoms with Crippen LogP contribution in [0.2, 0.25) is 0 Å². The van der Waals surface area contributed by atoms with Crippen molar-refractivity contribution in [2.24, 2.45) is 7.05 Å². The minimum Gasteiger partial charge on any atom is -0.339 e. The summed E-state index contributed by atoms with van der Waals surface area (Å²) in [6.45, 7) is 3.01. The lowest BCUT2D eigenvalue weighted by atomic mass is 9.91. The standard InChI is InChI=1S/C20H28N6O2/c1-24-17(6-9-22-24)20(28)26-12-7-15(8-13-26)18-16(14-21-23-18)19(27)25-10-4-2-3-5-11-25/h6,9,14-15H,2-5,7-8,10-13H2,1H3,(H,21,23). The molecule has 0 aliphatic carbocycles. The van der Waals surface area contributed by atoms with Gasteiger partial charge in [0, 0.05) is 45.3 Å². The van der Waals surface area contributed by atoms with E-state index in [-0.39, 0.29) is 17.7 Å². The molecule has 28 heavy (non-hydrogen) atoms. The summed E-state index contributed by atoms with van der Waals surface area (Å²) in [6, 6.07) is 1.75. The van der Waals surface area contributed by atoms with E-state index in [1.54, 1.807) is 30.2 Å². The molecule has 0 bridgehead atoms. The van der Waals surface area contributed by atoms with Crippen LogP contribution in [-0.4, -0.2) is 67.8 Å². The highest BCUT2D eigenvalue weighted by molar-refractivity contribution is 5.95. The van der Waals surface area contributed by atoms with Crippen LogP contribution in [0, 0.1) is 0 Å². The van der Waals surface area contributed by atoms with Crippen LogP contribution in [0.25, 0.3) is 0 Å². The van der Waals surface area contributed by atoms with E-state index in [2.05, 4.69) is 15.3 Å². The molecule has 0 atom stereocenters. The Morgan fingerprint density at radius 3 is 2.32 bits per heavy atom. The normalized spacial score (nSPS) is 18.9. The molecule has 8 heteroatoms. The van der Waals surface area contributed by atoms with Crippen molar-refractivity contribution in [1.29, 1.82) is 0 Å². The Labute approximate surface area is 164 Å². The van der Waals surface area contributed by atoms with Crippen molar-refractivity contribution in [3.05, 3.63) is 35.4 Å². The van der Waals surface area contributed by atoms with E-state index in [0.29, 0.717) is 24.3 Å². The number of aromatic amines is 1. The molecule has 0 unspecified atom stereocenters. The number of nitrogens with one attached hydrogen (secondary N) is 1. The molecule has 150 valence electrons. The Hall–Kier alpha value is -2.64. The Kier molecular flexibility index (Phi) is 5.45. The summed E-state index contributed by atoms with van der Waals surface area (Å²) in [7, 11) is 1.78. The van der Waals surface area contributed by atoms with E-state index >= 15 is 0 Å². The van der Waals surface area contributed by atoms with Crippen LogP contribution in [-0.2, 0) is 7.05 Å². The summed E-state index contributed by atoms with van der Waals surface area (Å²) in [5.74, 6) is 0.340. The van der Waals surface area contributed by atoms with Gasteiger partial charge < -0.3 is 9.80 Å². The van der Waals surface area contributed by atoms with Gasteiger partial charge in [0.2, 0.25) is 0 Å². The third-order valence-electron chi connectivity index (χ3n) is 6.02. The molecule has 2 fully saturated rings. The maximum absolute atomic E-state index is 13.0. The van der Waals surface area contributed by atoms with Crippen LogP contribution >= 0.6 is 0 Å². The van der Waals surface area contributed by atoms with Crippen LogP contribution in [0.5, 0.6) is 0 Å². The number of hydrogen-bond donors (Lipinski definition) is 1. The van der Waals surface area contributed by atoms with Crippen molar-refractivity contribution in [2.75, 3.05) is 26.2 Å². The first-order valence-electron chi connectivity index (χ1n) is 10.2. The predicted molar refractivity (Wildman–Crippen MR) is 104 cm³/mol. The van der Waals surface area contributed by atoms with E-state index in [1.165, 1.54) is 12.8 Å². The van der Waals surface area contributed by atoms with Crippen molar-refractivity contribution in [1.82, 2.24) is 29.8 Å². The van der Waals surface area contributed by atoms with Crippen LogP contribution in [0.4, 0.5) is 0 Å². The monoisotopic (exact) mass is 384 g/mol. The van der Waals surface area contributed by atoms with Crippen LogP contribution in [0.3, 0.4) is 0 Å². The molecule has 0 radical (unpaired) electrons. The Morgan fingerprint density at radius 1 is 1.00 bits per heavy atom. The van der Waals surface area contributed by atoms with E-state index < -0.39 is 0 Å². The lowest BCUT2D eigenvalue weighted by Crippen LogP contribution is -2.39. The highest BCUT2D eigenvalue weighted by atomic mass is 16.2. The number of amides is 2. The number of carbonyl (C=O) groups is 2. The van der Waals surface area contributed by atoms with Crippen LogP contribution in [0.1, 0.15) is 71.0 Å². The number of hydrogen-bond acceptors (Lipinski definition) is 4. The molecular formula is C20H28N6O2. The van der Waals surface area contributed by atoms with Crippen molar-refractivity contribution in [3.8, 4) is 0 Å². The van der Waals surface area contributed by atoms with Crippen molar-refractivity contribution in [2.45, 2.75) is 44.4 Å². The third kappa shape index (κ3) is 3.68. The van der Waals surface area contributed by atoms with Gasteiger partial charge in [0.05, 0.1) is 17.5 Å². The van der Waals surface area contributed by atoms with Crippen LogP contribution in [0.15, 0.2) is 18.5 Å². The number of aromatic nitrogens is 4. The molecule has 0 saturated carbocycles. The molecule has 4 rings (SSSR count). The maximum Gasteiger partial charge on any atom is 0.272 e. The molecule has 2 aromatic heterocycles. The minimum absolute atomic E-state index is 0.0175. The molecule has 0 aromatic carbocycles. The Bertz CT molecular complexity index is 825. The first-order chi connectivity index (χ1) is 13.6. The van der Waals surface area contributed by atoms with Gasteiger partial charge in [0.15, 0.2) is 0 Å². The number of carbonyl (C=O) groups excluding carboxylic acids is 2. The summed E-state index contributed by atoms with van der Waals surface area (Å²) in [6.07, 6.45) is 9.52. The lowest BCUT2D eigenvalue weighted by Gasteiger charge is -2.32. The fourth-order valence-corrected chi connectivity index (χ4v) is 4.34. The summed E-state index contributed by atoms with van der Waals surface area (Å²) in [4.78, 5) is 29.6. The van der Waals surface area contributed by atoms with E-state index in [1.807, 2.05) is 9.80 Å². The highest BCUT2D eigenvalue weighted by Gasteiger charge is 2.30. The largest absolute Gasteiger partial charge is 0.339 e. The van der Waals surface area contributed by atoms with Crippen molar-refractivity contribution >= 4 is 11.8 Å². The SMILES string of the molecule is Cn1nccc1C(=O)N1CCC(c2[nH]ncc2C(=O)N2CCCCCC2)CC1. The molecule has 2 saturated heterocycles. The second kappa shape index (κ2) is 8.16.